The van der Waals surface area contributed by atoms with Crippen LogP contribution in [-0.4, -0.2) is 9.78 Å². The average molecular weight is 187 g/mol. The van der Waals surface area contributed by atoms with Crippen LogP contribution in [0.25, 0.3) is 0 Å². The molecule has 1 N–H and O–H groups in total. The molecule has 0 aliphatic rings. The molecule has 0 atom stereocenters. The van der Waals surface area contributed by atoms with Crippen molar-refractivity contribution in [2.24, 2.45) is 7.05 Å². The molecule has 0 saturated heterocycles. The van der Waals surface area contributed by atoms with Gasteiger partial charge in [-0.15, -0.1) is 0 Å². The van der Waals surface area contributed by atoms with Gasteiger partial charge in [0.25, 0.3) is 0 Å². The minimum Gasteiger partial charge on any atom is -0.353 e. The van der Waals surface area contributed by atoms with Gasteiger partial charge in [0.1, 0.15) is 0 Å². The topological polar surface area (TPSA) is 29.9 Å². The standard InChI is InChI=1S/C11H13N3/c1-9-11(8-14(2)13-9)12-10-6-4-3-5-7-10/h3-8,12H,1-2H3. The molecule has 3 nitrogen and oxygen atoms in total. The van der Waals surface area contributed by atoms with Gasteiger partial charge in [-0.1, -0.05) is 18.2 Å². The number of rotatable bonds is 2. The minimum absolute atomic E-state index is 1.01. The van der Waals surface area contributed by atoms with E-state index in [1.165, 1.54) is 0 Å². The summed E-state index contributed by atoms with van der Waals surface area (Å²) < 4.78 is 1.81. The quantitative estimate of drug-likeness (QED) is 0.782. The van der Waals surface area contributed by atoms with Crippen LogP contribution in [0.3, 0.4) is 0 Å². The van der Waals surface area contributed by atoms with Crippen LogP contribution in [0.2, 0.25) is 0 Å². The van der Waals surface area contributed by atoms with Gasteiger partial charge in [0.05, 0.1) is 11.4 Å². The third-order valence-electron chi connectivity index (χ3n) is 2.07. The maximum atomic E-state index is 4.26. The highest BCUT2D eigenvalue weighted by Crippen LogP contribution is 2.18. The zero-order valence-corrected chi connectivity index (χ0v) is 8.36. The number of hydrogen-bond donors (Lipinski definition) is 1. The van der Waals surface area contributed by atoms with Crippen molar-refractivity contribution in [2.75, 3.05) is 5.32 Å². The van der Waals surface area contributed by atoms with Crippen LogP contribution in [0.15, 0.2) is 36.5 Å². The number of nitrogens with one attached hydrogen (secondary N) is 1. The molecule has 3 heteroatoms. The lowest BCUT2D eigenvalue weighted by molar-refractivity contribution is 0.756. The van der Waals surface area contributed by atoms with Gasteiger partial charge in [-0.05, 0) is 19.1 Å². The van der Waals surface area contributed by atoms with Gasteiger partial charge in [0.15, 0.2) is 0 Å². The maximum absolute atomic E-state index is 4.26. The van der Waals surface area contributed by atoms with E-state index in [4.69, 9.17) is 0 Å². The van der Waals surface area contributed by atoms with Crippen LogP contribution in [0, 0.1) is 6.92 Å². The highest BCUT2D eigenvalue weighted by atomic mass is 15.3. The summed E-state index contributed by atoms with van der Waals surface area (Å²) in [7, 11) is 1.92. The molecule has 14 heavy (non-hydrogen) atoms. The van der Waals surface area contributed by atoms with Crippen LogP contribution < -0.4 is 5.32 Å². The summed E-state index contributed by atoms with van der Waals surface area (Å²) >= 11 is 0. The predicted molar refractivity (Wildman–Crippen MR) is 57.7 cm³/mol. The molecule has 1 heterocycles. The first-order valence-electron chi connectivity index (χ1n) is 4.58. The predicted octanol–water partition coefficient (Wildman–Crippen LogP) is 2.47. The van der Waals surface area contributed by atoms with E-state index in [0.29, 0.717) is 0 Å². The van der Waals surface area contributed by atoms with Crippen molar-refractivity contribution in [3.63, 3.8) is 0 Å². The Morgan fingerprint density at radius 3 is 2.50 bits per heavy atom. The highest BCUT2D eigenvalue weighted by Gasteiger charge is 2.01. The first-order chi connectivity index (χ1) is 6.75. The summed E-state index contributed by atoms with van der Waals surface area (Å²) in [6.45, 7) is 1.99. The fourth-order valence-corrected chi connectivity index (χ4v) is 1.40. The highest BCUT2D eigenvalue weighted by molar-refractivity contribution is 5.60. The summed E-state index contributed by atoms with van der Waals surface area (Å²) in [5.74, 6) is 0. The zero-order chi connectivity index (χ0) is 9.97. The minimum atomic E-state index is 1.01. The second-order valence-electron chi connectivity index (χ2n) is 3.29. The van der Waals surface area contributed by atoms with Crippen LogP contribution in [0.1, 0.15) is 5.69 Å². The summed E-state index contributed by atoms with van der Waals surface area (Å²) in [6.07, 6.45) is 1.97. The number of benzene rings is 1. The third-order valence-corrected chi connectivity index (χ3v) is 2.07. The lowest BCUT2D eigenvalue weighted by Crippen LogP contribution is -1.89. The first-order valence-corrected chi connectivity index (χ1v) is 4.58. The van der Waals surface area contributed by atoms with Crippen LogP contribution in [-0.2, 0) is 7.05 Å². The molecule has 0 aliphatic carbocycles. The summed E-state index contributed by atoms with van der Waals surface area (Å²) in [6, 6.07) is 10.1. The third kappa shape index (κ3) is 1.76. The van der Waals surface area contributed by atoms with E-state index in [1.54, 1.807) is 4.68 Å². The Balaban J connectivity index is 2.23. The van der Waals surface area contributed by atoms with Crippen molar-refractivity contribution in [3.05, 3.63) is 42.2 Å². The zero-order valence-electron chi connectivity index (χ0n) is 8.36. The lowest BCUT2D eigenvalue weighted by atomic mass is 10.3. The monoisotopic (exact) mass is 187 g/mol. The molecule has 0 saturated carbocycles. The molecule has 0 aliphatic heterocycles. The van der Waals surface area contributed by atoms with E-state index in [-0.39, 0.29) is 0 Å². The van der Waals surface area contributed by atoms with E-state index in [1.807, 2.05) is 50.5 Å². The molecule has 0 fully saturated rings. The normalized spacial score (nSPS) is 10.1. The first kappa shape index (κ1) is 8.81. The molecular weight excluding hydrogens is 174 g/mol. The van der Waals surface area contributed by atoms with Gasteiger partial charge in [0.2, 0.25) is 0 Å². The Morgan fingerprint density at radius 2 is 1.93 bits per heavy atom. The molecule has 0 amide bonds. The summed E-state index contributed by atoms with van der Waals surface area (Å²) in [5.41, 5.74) is 3.15. The Bertz CT molecular complexity index is 417. The number of nitrogens with zero attached hydrogens (tertiary/aromatic N) is 2. The fraction of sp³-hybridized carbons (Fsp3) is 0.182. The summed E-state index contributed by atoms with van der Waals surface area (Å²) in [5, 5.41) is 7.57. The molecule has 1 aromatic carbocycles. The molecule has 72 valence electrons. The average Bonchev–Trinajstić information content (AvgIpc) is 2.47. The number of para-hydroxylation sites is 1. The van der Waals surface area contributed by atoms with Crippen molar-refractivity contribution in [3.8, 4) is 0 Å². The Hall–Kier alpha value is -1.77. The van der Waals surface area contributed by atoms with Crippen molar-refractivity contribution >= 4 is 11.4 Å². The largest absolute Gasteiger partial charge is 0.353 e. The van der Waals surface area contributed by atoms with Crippen LogP contribution in [0.5, 0.6) is 0 Å². The maximum Gasteiger partial charge on any atom is 0.0828 e. The number of aryl methyl sites for hydroxylation is 2. The van der Waals surface area contributed by atoms with Crippen molar-refractivity contribution in [1.82, 2.24) is 9.78 Å². The lowest BCUT2D eigenvalue weighted by Gasteiger charge is -2.02. The Labute approximate surface area is 83.4 Å². The van der Waals surface area contributed by atoms with Gasteiger partial charge in [-0.2, -0.15) is 5.10 Å². The molecular formula is C11H13N3. The number of anilines is 2. The Kier molecular flexibility index (Phi) is 2.23. The molecule has 0 radical (unpaired) electrons. The second kappa shape index (κ2) is 3.54. The smallest absolute Gasteiger partial charge is 0.0828 e. The van der Waals surface area contributed by atoms with Crippen molar-refractivity contribution < 1.29 is 0 Å². The number of aromatic nitrogens is 2. The molecule has 2 aromatic rings. The second-order valence-corrected chi connectivity index (χ2v) is 3.29. The summed E-state index contributed by atoms with van der Waals surface area (Å²) in [4.78, 5) is 0. The van der Waals surface area contributed by atoms with Gasteiger partial charge < -0.3 is 5.32 Å². The van der Waals surface area contributed by atoms with E-state index in [2.05, 4.69) is 10.4 Å². The van der Waals surface area contributed by atoms with E-state index in [9.17, 15) is 0 Å². The van der Waals surface area contributed by atoms with Gasteiger partial charge in [-0.3, -0.25) is 4.68 Å². The van der Waals surface area contributed by atoms with Crippen molar-refractivity contribution in [2.45, 2.75) is 6.92 Å². The fourth-order valence-electron chi connectivity index (χ4n) is 1.40. The molecule has 0 bridgehead atoms. The van der Waals surface area contributed by atoms with E-state index >= 15 is 0 Å². The molecule has 1 aromatic heterocycles. The van der Waals surface area contributed by atoms with Gasteiger partial charge in [-0.25, -0.2) is 0 Å². The van der Waals surface area contributed by atoms with Crippen LogP contribution >= 0.6 is 0 Å². The Morgan fingerprint density at radius 1 is 1.21 bits per heavy atom. The number of hydrogen-bond acceptors (Lipinski definition) is 2. The molecule has 2 rings (SSSR count). The van der Waals surface area contributed by atoms with E-state index in [0.717, 1.165) is 17.1 Å². The van der Waals surface area contributed by atoms with E-state index < -0.39 is 0 Å². The molecule has 0 spiro atoms. The van der Waals surface area contributed by atoms with Gasteiger partial charge >= 0.3 is 0 Å². The van der Waals surface area contributed by atoms with Gasteiger partial charge in [0, 0.05) is 18.9 Å². The van der Waals surface area contributed by atoms with Crippen LogP contribution in [0.4, 0.5) is 11.4 Å². The van der Waals surface area contributed by atoms with Crippen molar-refractivity contribution in [1.29, 1.82) is 0 Å². The molecule has 0 unspecified atom stereocenters. The SMILES string of the molecule is Cc1nn(C)cc1Nc1ccccc1.